The predicted molar refractivity (Wildman–Crippen MR) is 194 cm³/mol. The SMILES string of the molecule is CC.CC(=O)C(CCCNC(N)=O)NC(=O)C(NC(=O)C(CCC(=O)O)NC(=O)CNC(=O)C1CCC(CN2C(=O)CC(C(C)C)C2=O)CC1)C(C)C. The number of carboxylic acids is 1. The normalized spacial score (nSPS) is 20.0. The lowest BCUT2D eigenvalue weighted by molar-refractivity contribution is -0.141. The van der Waals surface area contributed by atoms with Gasteiger partial charge in [-0.25, -0.2) is 4.79 Å². The first-order valence-electron chi connectivity index (χ1n) is 18.7. The Morgan fingerprint density at radius 1 is 0.849 bits per heavy atom. The molecule has 17 heteroatoms. The summed E-state index contributed by atoms with van der Waals surface area (Å²) in [6.07, 6.45) is 2.30. The highest BCUT2D eigenvalue weighted by Crippen LogP contribution is 2.33. The molecule has 300 valence electrons. The van der Waals surface area contributed by atoms with Gasteiger partial charge in [-0.1, -0.05) is 41.5 Å². The second kappa shape index (κ2) is 23.2. The first kappa shape index (κ1) is 46.5. The molecule has 53 heavy (non-hydrogen) atoms. The lowest BCUT2D eigenvalue weighted by Crippen LogP contribution is -2.58. The van der Waals surface area contributed by atoms with E-state index in [1.807, 2.05) is 27.7 Å². The van der Waals surface area contributed by atoms with E-state index in [-0.39, 0.29) is 73.0 Å². The summed E-state index contributed by atoms with van der Waals surface area (Å²) in [6.45, 7) is 12.5. The molecule has 2 fully saturated rings. The molecule has 2 rings (SSSR count). The van der Waals surface area contributed by atoms with E-state index in [1.165, 1.54) is 11.8 Å². The second-order valence-electron chi connectivity index (χ2n) is 14.2. The van der Waals surface area contributed by atoms with Crippen molar-refractivity contribution in [2.45, 2.75) is 124 Å². The van der Waals surface area contributed by atoms with Gasteiger partial charge in [-0.2, -0.15) is 0 Å². The molecule has 8 amide bonds. The fourth-order valence-electron chi connectivity index (χ4n) is 6.33. The van der Waals surface area contributed by atoms with Crippen molar-refractivity contribution in [3.63, 3.8) is 0 Å². The second-order valence-corrected chi connectivity index (χ2v) is 14.2. The third-order valence-electron chi connectivity index (χ3n) is 9.49. The Morgan fingerprint density at radius 3 is 1.98 bits per heavy atom. The number of likely N-dealkylation sites (tertiary alicyclic amines) is 1. The first-order chi connectivity index (χ1) is 24.9. The number of ketones is 1. The number of nitrogens with two attached hydrogens (primary N) is 1. The average molecular weight is 752 g/mol. The number of rotatable bonds is 20. The fraction of sp³-hybridized carbons (Fsp3) is 0.750. The lowest BCUT2D eigenvalue weighted by Gasteiger charge is -2.30. The molecule has 1 saturated heterocycles. The Balaban J connectivity index is 0.00000690. The van der Waals surface area contributed by atoms with Gasteiger partial charge in [0.05, 0.1) is 12.6 Å². The van der Waals surface area contributed by atoms with Gasteiger partial charge < -0.3 is 37.4 Å². The number of nitrogens with one attached hydrogen (secondary N) is 5. The summed E-state index contributed by atoms with van der Waals surface area (Å²) in [5, 5.41) is 21.8. The number of primary amides is 1. The molecule has 1 heterocycles. The molecule has 1 saturated carbocycles. The Labute approximate surface area is 312 Å². The van der Waals surface area contributed by atoms with Crippen molar-refractivity contribution in [2.75, 3.05) is 19.6 Å². The standard InChI is InChI=1S/C34H55N7O10.C2H6/c1-18(2)23-15-27(44)41(33(23)50)17-21-8-10-22(11-9-21)30(47)37-16-26(43)38-25(12-13-28(45)46)31(48)40-29(19(3)4)32(49)39-24(20(5)42)7-6-14-36-34(35)51;1-2/h18-19,21-25,29H,6-17H2,1-5H3,(H,37,47)(H,38,43)(H,39,49)(H,40,48)(H,45,46)(H3,35,36,51);1-2H3. The molecule has 0 radical (unpaired) electrons. The number of carboxylic acid groups (broad SMARTS) is 1. The van der Waals surface area contributed by atoms with Crippen LogP contribution in [0.25, 0.3) is 0 Å². The van der Waals surface area contributed by atoms with E-state index in [9.17, 15) is 48.3 Å². The van der Waals surface area contributed by atoms with Crippen molar-refractivity contribution in [1.29, 1.82) is 0 Å². The van der Waals surface area contributed by atoms with Gasteiger partial charge in [0.2, 0.25) is 35.4 Å². The van der Waals surface area contributed by atoms with E-state index in [1.54, 1.807) is 13.8 Å². The van der Waals surface area contributed by atoms with Crippen LogP contribution >= 0.6 is 0 Å². The smallest absolute Gasteiger partial charge is 0.312 e. The molecular weight excluding hydrogens is 690 g/mol. The van der Waals surface area contributed by atoms with E-state index >= 15 is 0 Å². The highest BCUT2D eigenvalue weighted by molar-refractivity contribution is 6.03. The first-order valence-corrected chi connectivity index (χ1v) is 18.7. The number of imide groups is 1. The van der Waals surface area contributed by atoms with Crippen molar-refractivity contribution in [3.05, 3.63) is 0 Å². The van der Waals surface area contributed by atoms with Gasteiger partial charge >= 0.3 is 12.0 Å². The number of hydrogen-bond acceptors (Lipinski definition) is 9. The van der Waals surface area contributed by atoms with E-state index in [0.29, 0.717) is 38.6 Å². The minimum absolute atomic E-state index is 0.0801. The summed E-state index contributed by atoms with van der Waals surface area (Å²) in [6, 6.07) is -4.10. The molecule has 1 aliphatic heterocycles. The molecule has 0 spiro atoms. The van der Waals surface area contributed by atoms with Crippen LogP contribution in [0.15, 0.2) is 0 Å². The highest BCUT2D eigenvalue weighted by Gasteiger charge is 2.41. The monoisotopic (exact) mass is 751 g/mol. The Kier molecular flexibility index (Phi) is 20.3. The van der Waals surface area contributed by atoms with Crippen molar-refractivity contribution in [3.8, 4) is 0 Å². The summed E-state index contributed by atoms with van der Waals surface area (Å²) < 4.78 is 0. The van der Waals surface area contributed by atoms with E-state index < -0.39 is 66.7 Å². The fourth-order valence-corrected chi connectivity index (χ4v) is 6.33. The molecule has 17 nitrogen and oxygen atoms in total. The lowest BCUT2D eigenvalue weighted by atomic mass is 9.81. The Hall–Kier alpha value is -4.57. The van der Waals surface area contributed by atoms with Crippen LogP contribution < -0.4 is 32.3 Å². The van der Waals surface area contributed by atoms with Crippen LogP contribution in [-0.2, 0) is 38.4 Å². The molecule has 0 aromatic heterocycles. The average Bonchev–Trinajstić information content (AvgIpc) is 3.38. The van der Waals surface area contributed by atoms with Crippen molar-refractivity contribution in [2.24, 2.45) is 35.3 Å². The molecule has 8 N–H and O–H groups in total. The number of carbonyl (C=O) groups is 9. The summed E-state index contributed by atoms with van der Waals surface area (Å²) in [4.78, 5) is 113. The number of amides is 8. The number of carbonyl (C=O) groups excluding carboxylic acids is 8. The van der Waals surface area contributed by atoms with Crippen LogP contribution in [0.4, 0.5) is 4.79 Å². The van der Waals surface area contributed by atoms with Gasteiger partial charge in [0.25, 0.3) is 0 Å². The van der Waals surface area contributed by atoms with Gasteiger partial charge in [0.15, 0.2) is 5.78 Å². The van der Waals surface area contributed by atoms with Gasteiger partial charge in [0, 0.05) is 37.8 Å². The molecule has 4 unspecified atom stereocenters. The third kappa shape index (κ3) is 15.9. The molecular formula is C36H61N7O10. The van der Waals surface area contributed by atoms with Crippen LogP contribution in [0.1, 0.15) is 106 Å². The molecule has 1 aliphatic carbocycles. The van der Waals surface area contributed by atoms with E-state index in [0.717, 1.165) is 0 Å². The van der Waals surface area contributed by atoms with Crippen LogP contribution in [0, 0.1) is 29.6 Å². The number of hydrogen-bond donors (Lipinski definition) is 7. The number of urea groups is 1. The van der Waals surface area contributed by atoms with E-state index in [2.05, 4.69) is 26.6 Å². The van der Waals surface area contributed by atoms with Crippen molar-refractivity contribution in [1.82, 2.24) is 31.5 Å². The summed E-state index contributed by atoms with van der Waals surface area (Å²) in [5.74, 6) is -5.39. The molecule has 4 atom stereocenters. The van der Waals surface area contributed by atoms with Gasteiger partial charge in [-0.05, 0) is 69.6 Å². The van der Waals surface area contributed by atoms with Crippen LogP contribution in [0.3, 0.4) is 0 Å². The Morgan fingerprint density at radius 2 is 1.47 bits per heavy atom. The van der Waals surface area contributed by atoms with E-state index in [4.69, 9.17) is 5.73 Å². The third-order valence-corrected chi connectivity index (χ3v) is 9.49. The summed E-state index contributed by atoms with van der Waals surface area (Å²) in [5.41, 5.74) is 5.04. The largest absolute Gasteiger partial charge is 0.481 e. The molecule has 0 bridgehead atoms. The van der Waals surface area contributed by atoms with Crippen LogP contribution in [-0.4, -0.2) is 101 Å². The zero-order valence-electron chi connectivity index (χ0n) is 32.3. The molecule has 0 aromatic rings. The molecule has 0 aromatic carbocycles. The minimum Gasteiger partial charge on any atom is -0.481 e. The van der Waals surface area contributed by atoms with Gasteiger partial charge in [0.1, 0.15) is 12.1 Å². The van der Waals surface area contributed by atoms with Crippen molar-refractivity contribution < 1.29 is 48.3 Å². The van der Waals surface area contributed by atoms with Gasteiger partial charge in [-0.15, -0.1) is 0 Å². The topological polar surface area (TPSA) is 263 Å². The van der Waals surface area contributed by atoms with Crippen LogP contribution in [0.2, 0.25) is 0 Å². The van der Waals surface area contributed by atoms with Crippen LogP contribution in [0.5, 0.6) is 0 Å². The summed E-state index contributed by atoms with van der Waals surface area (Å²) >= 11 is 0. The Bertz CT molecular complexity index is 1310. The maximum Gasteiger partial charge on any atom is 0.312 e. The molecule has 2 aliphatic rings. The highest BCUT2D eigenvalue weighted by atomic mass is 16.4. The quantitative estimate of drug-likeness (QED) is 0.0685. The maximum absolute atomic E-state index is 13.3. The minimum atomic E-state index is -1.34. The zero-order chi connectivity index (χ0) is 40.4. The maximum atomic E-state index is 13.3. The summed E-state index contributed by atoms with van der Waals surface area (Å²) in [7, 11) is 0. The van der Waals surface area contributed by atoms with Gasteiger partial charge in [-0.3, -0.25) is 43.3 Å². The zero-order valence-corrected chi connectivity index (χ0v) is 32.3. The van der Waals surface area contributed by atoms with Crippen molar-refractivity contribution >= 4 is 53.2 Å². The number of nitrogens with zero attached hydrogens (tertiary/aromatic N) is 1. The number of aliphatic carboxylic acids is 1. The number of Topliss-reactive ketones (excluding diaryl/α,β-unsaturated/α-hetero) is 1. The predicted octanol–water partition coefficient (Wildman–Crippen LogP) is 0.979.